The number of aliphatic imine (C=N–C) groups is 1. The molecule has 0 aromatic carbocycles. The van der Waals surface area contributed by atoms with E-state index in [9.17, 15) is 19.2 Å². The van der Waals surface area contributed by atoms with Gasteiger partial charge in [-0.15, -0.1) is 0 Å². The summed E-state index contributed by atoms with van der Waals surface area (Å²) in [5, 5.41) is 2.16. The van der Waals surface area contributed by atoms with E-state index in [0.717, 1.165) is 4.90 Å². The Labute approximate surface area is 127 Å². The van der Waals surface area contributed by atoms with Crippen LogP contribution in [0.3, 0.4) is 0 Å². The monoisotopic (exact) mass is 303 g/mol. The smallest absolute Gasteiger partial charge is 0.261 e. The van der Waals surface area contributed by atoms with Gasteiger partial charge in [0.05, 0.1) is 6.42 Å². The number of amides is 4. The lowest BCUT2D eigenvalue weighted by atomic mass is 9.93. The second-order valence-electron chi connectivity index (χ2n) is 4.98. The summed E-state index contributed by atoms with van der Waals surface area (Å²) >= 11 is 0. The standard InChI is InChI=1S/C15H17N3O4/c1-3-10-9(8-16-4-2)7-13(20)18(15(10)22)11-5-6-12(19)17-14(11)21/h3-4,8,11H,5-7H2,1-2H3,(H,17,19,21)/b9-8-,10-3+,16-4?. The van der Waals surface area contributed by atoms with Gasteiger partial charge in [-0.25, -0.2) is 0 Å². The van der Waals surface area contributed by atoms with Gasteiger partial charge in [0.25, 0.3) is 5.91 Å². The zero-order valence-electron chi connectivity index (χ0n) is 12.5. The minimum absolute atomic E-state index is 0.000476. The molecule has 2 aliphatic rings. The first-order valence-corrected chi connectivity index (χ1v) is 7.03. The highest BCUT2D eigenvalue weighted by atomic mass is 16.2. The lowest BCUT2D eigenvalue weighted by Gasteiger charge is -2.35. The Bertz CT molecular complexity index is 631. The fourth-order valence-corrected chi connectivity index (χ4v) is 2.56. The molecule has 0 aliphatic carbocycles. The number of allylic oxidation sites excluding steroid dienone is 1. The third-order valence-electron chi connectivity index (χ3n) is 3.60. The number of piperidine rings is 2. The Hall–Kier alpha value is -2.57. The number of carbonyl (C=O) groups is 4. The summed E-state index contributed by atoms with van der Waals surface area (Å²) in [4.78, 5) is 52.9. The summed E-state index contributed by atoms with van der Waals surface area (Å²) in [5.74, 6) is -1.97. The number of nitrogens with zero attached hydrogens (tertiary/aromatic N) is 2. The van der Waals surface area contributed by atoms with E-state index >= 15 is 0 Å². The maximum Gasteiger partial charge on any atom is 0.261 e. The molecule has 2 fully saturated rings. The van der Waals surface area contributed by atoms with Gasteiger partial charge in [0.2, 0.25) is 17.7 Å². The summed E-state index contributed by atoms with van der Waals surface area (Å²) < 4.78 is 0. The van der Waals surface area contributed by atoms with E-state index < -0.39 is 23.8 Å². The van der Waals surface area contributed by atoms with E-state index in [1.165, 1.54) is 6.20 Å². The summed E-state index contributed by atoms with van der Waals surface area (Å²) in [7, 11) is 0. The van der Waals surface area contributed by atoms with Crippen LogP contribution >= 0.6 is 0 Å². The normalized spacial score (nSPS) is 27.2. The summed E-state index contributed by atoms with van der Waals surface area (Å²) in [6.07, 6.45) is 4.91. The Morgan fingerprint density at radius 1 is 1.23 bits per heavy atom. The van der Waals surface area contributed by atoms with Crippen molar-refractivity contribution in [2.75, 3.05) is 0 Å². The highest BCUT2D eigenvalue weighted by Crippen LogP contribution is 2.28. The van der Waals surface area contributed by atoms with Crippen molar-refractivity contribution in [3.63, 3.8) is 0 Å². The zero-order valence-corrected chi connectivity index (χ0v) is 12.5. The van der Waals surface area contributed by atoms with E-state index in [2.05, 4.69) is 10.3 Å². The maximum absolute atomic E-state index is 12.5. The van der Waals surface area contributed by atoms with Crippen molar-refractivity contribution in [2.24, 2.45) is 4.99 Å². The van der Waals surface area contributed by atoms with Crippen LogP contribution in [0, 0.1) is 0 Å². The molecule has 2 saturated heterocycles. The molecule has 2 heterocycles. The van der Waals surface area contributed by atoms with E-state index in [-0.39, 0.29) is 25.2 Å². The second-order valence-corrected chi connectivity index (χ2v) is 4.98. The van der Waals surface area contributed by atoms with Crippen LogP contribution in [-0.2, 0) is 19.2 Å². The average Bonchev–Trinajstić information content (AvgIpc) is 2.47. The van der Waals surface area contributed by atoms with Crippen molar-refractivity contribution >= 4 is 29.8 Å². The minimum atomic E-state index is -0.927. The van der Waals surface area contributed by atoms with Gasteiger partial charge in [0.15, 0.2) is 0 Å². The zero-order chi connectivity index (χ0) is 16.3. The molecule has 1 unspecified atom stereocenters. The lowest BCUT2D eigenvalue weighted by molar-refractivity contribution is -0.154. The van der Waals surface area contributed by atoms with Crippen LogP contribution < -0.4 is 5.32 Å². The van der Waals surface area contributed by atoms with Crippen LogP contribution in [0.2, 0.25) is 0 Å². The van der Waals surface area contributed by atoms with E-state index in [1.54, 1.807) is 26.1 Å². The van der Waals surface area contributed by atoms with Gasteiger partial charge in [-0.3, -0.25) is 34.4 Å². The largest absolute Gasteiger partial charge is 0.295 e. The Kier molecular flexibility index (Phi) is 4.65. The fourth-order valence-electron chi connectivity index (χ4n) is 2.56. The third kappa shape index (κ3) is 2.88. The predicted octanol–water partition coefficient (Wildman–Crippen LogP) is 0.471. The van der Waals surface area contributed by atoms with Crippen molar-refractivity contribution in [1.29, 1.82) is 0 Å². The third-order valence-corrected chi connectivity index (χ3v) is 3.60. The second kappa shape index (κ2) is 6.46. The molecule has 2 aliphatic heterocycles. The number of nitrogens with one attached hydrogen (secondary N) is 1. The fraction of sp³-hybridized carbons (Fsp3) is 0.400. The molecule has 0 radical (unpaired) electrons. The van der Waals surface area contributed by atoms with E-state index in [1.807, 2.05) is 0 Å². The van der Waals surface area contributed by atoms with E-state index in [0.29, 0.717) is 11.1 Å². The summed E-state index contributed by atoms with van der Waals surface area (Å²) in [5.41, 5.74) is 0.883. The van der Waals surface area contributed by atoms with Gasteiger partial charge in [-0.05, 0) is 25.8 Å². The number of hydrogen-bond acceptors (Lipinski definition) is 5. The van der Waals surface area contributed by atoms with Crippen LogP contribution in [0.5, 0.6) is 0 Å². The Balaban J connectivity index is 2.32. The van der Waals surface area contributed by atoms with Gasteiger partial charge in [0, 0.05) is 24.4 Å². The van der Waals surface area contributed by atoms with Crippen LogP contribution in [0.15, 0.2) is 28.4 Å². The first kappa shape index (κ1) is 15.8. The molecule has 1 N–H and O–H groups in total. The number of likely N-dealkylation sites (tertiary alicyclic amines) is 1. The predicted molar refractivity (Wildman–Crippen MR) is 78.6 cm³/mol. The molecule has 22 heavy (non-hydrogen) atoms. The van der Waals surface area contributed by atoms with Gasteiger partial charge >= 0.3 is 0 Å². The van der Waals surface area contributed by atoms with E-state index in [4.69, 9.17) is 0 Å². The summed E-state index contributed by atoms with van der Waals surface area (Å²) in [6.45, 7) is 3.42. The first-order chi connectivity index (χ1) is 10.5. The molecule has 0 spiro atoms. The number of carbonyl (C=O) groups excluding carboxylic acids is 4. The molecule has 0 saturated carbocycles. The van der Waals surface area contributed by atoms with Crippen LogP contribution in [0.25, 0.3) is 0 Å². The number of hydrogen-bond donors (Lipinski definition) is 1. The molecule has 7 heteroatoms. The van der Waals surface area contributed by atoms with Gasteiger partial charge in [-0.1, -0.05) is 6.08 Å². The number of imide groups is 2. The Morgan fingerprint density at radius 2 is 1.95 bits per heavy atom. The van der Waals surface area contributed by atoms with Crippen LogP contribution in [0.4, 0.5) is 0 Å². The molecule has 0 aromatic rings. The topological polar surface area (TPSA) is 95.9 Å². The molecule has 116 valence electrons. The highest BCUT2D eigenvalue weighted by molar-refractivity contribution is 6.15. The first-order valence-electron chi connectivity index (χ1n) is 7.03. The summed E-state index contributed by atoms with van der Waals surface area (Å²) in [6, 6.07) is -0.927. The van der Waals surface area contributed by atoms with Gasteiger partial charge < -0.3 is 0 Å². The maximum atomic E-state index is 12.5. The molecule has 1 atom stereocenters. The molecular weight excluding hydrogens is 286 g/mol. The number of rotatable bonds is 2. The molecule has 2 rings (SSSR count). The molecular formula is C15H17N3O4. The highest BCUT2D eigenvalue weighted by Gasteiger charge is 2.42. The SMILES string of the molecule is CC=N/C=C1/CC(=O)N(C2CCC(=O)NC2=O)C(=O)/C1=C/C. The average molecular weight is 303 g/mol. The van der Waals surface area contributed by atoms with Crippen molar-refractivity contribution in [2.45, 2.75) is 39.2 Å². The van der Waals surface area contributed by atoms with Crippen molar-refractivity contribution in [1.82, 2.24) is 10.2 Å². The van der Waals surface area contributed by atoms with Crippen molar-refractivity contribution in [3.8, 4) is 0 Å². The van der Waals surface area contributed by atoms with Crippen LogP contribution in [0.1, 0.15) is 33.1 Å². The van der Waals surface area contributed by atoms with Crippen LogP contribution in [-0.4, -0.2) is 40.8 Å². The van der Waals surface area contributed by atoms with Crippen molar-refractivity contribution < 1.29 is 19.2 Å². The molecule has 0 bridgehead atoms. The van der Waals surface area contributed by atoms with Gasteiger partial charge in [0.1, 0.15) is 6.04 Å². The lowest BCUT2D eigenvalue weighted by Crippen LogP contribution is -2.58. The Morgan fingerprint density at radius 3 is 2.55 bits per heavy atom. The molecule has 4 amide bonds. The quantitative estimate of drug-likeness (QED) is 0.455. The molecule has 7 nitrogen and oxygen atoms in total. The van der Waals surface area contributed by atoms with Crippen molar-refractivity contribution in [3.05, 3.63) is 23.4 Å². The minimum Gasteiger partial charge on any atom is -0.295 e. The van der Waals surface area contributed by atoms with Gasteiger partial charge in [-0.2, -0.15) is 0 Å². The molecule has 0 aromatic heterocycles.